The lowest BCUT2D eigenvalue weighted by molar-refractivity contribution is -0.121. The molecule has 0 radical (unpaired) electrons. The molecule has 24 heavy (non-hydrogen) atoms. The molecule has 0 aliphatic carbocycles. The van der Waals surface area contributed by atoms with Gasteiger partial charge in [-0.25, -0.2) is 0 Å². The van der Waals surface area contributed by atoms with Crippen LogP contribution in [0, 0.1) is 0 Å². The van der Waals surface area contributed by atoms with Crippen molar-refractivity contribution in [2.24, 2.45) is 0 Å². The van der Waals surface area contributed by atoms with E-state index in [9.17, 15) is 4.79 Å². The van der Waals surface area contributed by atoms with E-state index in [-0.39, 0.29) is 18.6 Å². The summed E-state index contributed by atoms with van der Waals surface area (Å²) in [5, 5.41) is 9.71. The molecule has 0 saturated carbocycles. The molecule has 1 heterocycles. The summed E-state index contributed by atoms with van der Waals surface area (Å²) in [6, 6.07) is 15.1. The molecule has 4 nitrogen and oxygen atoms in total. The van der Waals surface area contributed by atoms with E-state index in [0.717, 1.165) is 23.2 Å². The predicted molar refractivity (Wildman–Crippen MR) is 96.0 cm³/mol. The van der Waals surface area contributed by atoms with E-state index < -0.39 is 0 Å². The summed E-state index contributed by atoms with van der Waals surface area (Å²) >= 11 is 6.23. The Balaban J connectivity index is 1.69. The molecular weight excluding hydrogens is 324 g/mol. The van der Waals surface area contributed by atoms with Crippen molar-refractivity contribution < 1.29 is 9.90 Å². The topological polar surface area (TPSA) is 43.8 Å². The molecule has 0 aromatic heterocycles. The van der Waals surface area contributed by atoms with Crippen molar-refractivity contribution in [2.75, 3.05) is 18.5 Å². The molecular formula is C19H21ClN2O2. The summed E-state index contributed by atoms with van der Waals surface area (Å²) in [5.41, 5.74) is 2.80. The second kappa shape index (κ2) is 7.34. The van der Waals surface area contributed by atoms with Crippen LogP contribution in [0.1, 0.15) is 17.5 Å². The molecule has 1 fully saturated rings. The highest BCUT2D eigenvalue weighted by Crippen LogP contribution is 2.30. The van der Waals surface area contributed by atoms with Crippen molar-refractivity contribution in [1.29, 1.82) is 0 Å². The Morgan fingerprint density at radius 3 is 2.50 bits per heavy atom. The van der Waals surface area contributed by atoms with Gasteiger partial charge >= 0.3 is 0 Å². The molecule has 1 amide bonds. The van der Waals surface area contributed by atoms with Crippen LogP contribution >= 0.6 is 11.6 Å². The third kappa shape index (κ3) is 3.46. The summed E-state index contributed by atoms with van der Waals surface area (Å²) in [6.45, 7) is 1.42. The van der Waals surface area contributed by atoms with E-state index in [1.807, 2.05) is 55.6 Å². The average molecular weight is 345 g/mol. The lowest BCUT2D eigenvalue weighted by Crippen LogP contribution is -2.39. The Bertz CT molecular complexity index is 718. The SMILES string of the molecule is CN(Cc1ccc(CO)cc1)C1CCN(c2ccccc2Cl)C1=O. The Labute approximate surface area is 147 Å². The number of hydrogen-bond donors (Lipinski definition) is 1. The fourth-order valence-corrected chi connectivity index (χ4v) is 3.37. The van der Waals surface area contributed by atoms with Crippen LogP contribution in [0.25, 0.3) is 0 Å². The van der Waals surface area contributed by atoms with Crippen LogP contribution in [0.2, 0.25) is 5.02 Å². The number of halogens is 1. The van der Waals surface area contributed by atoms with Crippen LogP contribution in [-0.4, -0.2) is 35.5 Å². The highest BCUT2D eigenvalue weighted by Gasteiger charge is 2.35. The van der Waals surface area contributed by atoms with Gasteiger partial charge in [0.1, 0.15) is 0 Å². The van der Waals surface area contributed by atoms with Crippen LogP contribution in [0.5, 0.6) is 0 Å². The molecule has 126 valence electrons. The van der Waals surface area contributed by atoms with Crippen molar-refractivity contribution in [3.8, 4) is 0 Å². The summed E-state index contributed by atoms with van der Waals surface area (Å²) in [4.78, 5) is 16.6. The first-order valence-electron chi connectivity index (χ1n) is 8.05. The number of aliphatic hydroxyl groups excluding tert-OH is 1. The number of carbonyl (C=O) groups is 1. The third-order valence-corrected chi connectivity index (χ3v) is 4.81. The Morgan fingerprint density at radius 1 is 1.17 bits per heavy atom. The zero-order valence-corrected chi connectivity index (χ0v) is 14.4. The summed E-state index contributed by atoms with van der Waals surface area (Å²) in [6.07, 6.45) is 0.787. The van der Waals surface area contributed by atoms with E-state index in [2.05, 4.69) is 4.90 Å². The maximum absolute atomic E-state index is 12.8. The lowest BCUT2D eigenvalue weighted by atomic mass is 10.1. The minimum Gasteiger partial charge on any atom is -0.392 e. The van der Waals surface area contributed by atoms with Gasteiger partial charge in [-0.3, -0.25) is 9.69 Å². The van der Waals surface area contributed by atoms with Crippen molar-refractivity contribution in [1.82, 2.24) is 4.90 Å². The normalized spacial score (nSPS) is 17.8. The van der Waals surface area contributed by atoms with E-state index in [4.69, 9.17) is 16.7 Å². The molecule has 0 bridgehead atoms. The monoisotopic (exact) mass is 344 g/mol. The fourth-order valence-electron chi connectivity index (χ4n) is 3.13. The van der Waals surface area contributed by atoms with Crippen LogP contribution in [-0.2, 0) is 17.9 Å². The number of likely N-dealkylation sites (N-methyl/N-ethyl adjacent to an activating group) is 1. The van der Waals surface area contributed by atoms with E-state index in [0.29, 0.717) is 18.1 Å². The van der Waals surface area contributed by atoms with Gasteiger partial charge in [0.15, 0.2) is 0 Å². The van der Waals surface area contributed by atoms with Crippen molar-refractivity contribution >= 4 is 23.2 Å². The molecule has 2 aromatic rings. The number of nitrogens with zero attached hydrogens (tertiary/aromatic N) is 2. The number of hydrogen-bond acceptors (Lipinski definition) is 3. The number of benzene rings is 2. The molecule has 1 aliphatic rings. The number of rotatable bonds is 5. The Kier molecular flexibility index (Phi) is 5.19. The van der Waals surface area contributed by atoms with Gasteiger partial charge in [-0.2, -0.15) is 0 Å². The highest BCUT2D eigenvalue weighted by molar-refractivity contribution is 6.33. The van der Waals surface area contributed by atoms with Gasteiger partial charge in [-0.05, 0) is 36.7 Å². The lowest BCUT2D eigenvalue weighted by Gasteiger charge is -2.24. The van der Waals surface area contributed by atoms with Gasteiger partial charge in [0.2, 0.25) is 5.91 Å². The zero-order chi connectivity index (χ0) is 17.1. The first-order valence-corrected chi connectivity index (χ1v) is 8.43. The number of carbonyl (C=O) groups excluding carboxylic acids is 1. The number of para-hydroxylation sites is 1. The minimum atomic E-state index is -0.140. The third-order valence-electron chi connectivity index (χ3n) is 4.49. The molecule has 1 aliphatic heterocycles. The molecule has 1 N–H and O–H groups in total. The van der Waals surface area contributed by atoms with Gasteiger partial charge in [0.05, 0.1) is 23.4 Å². The van der Waals surface area contributed by atoms with Gasteiger partial charge in [0, 0.05) is 13.1 Å². The molecule has 3 rings (SSSR count). The van der Waals surface area contributed by atoms with Crippen LogP contribution in [0.15, 0.2) is 48.5 Å². The first kappa shape index (κ1) is 17.0. The predicted octanol–water partition coefficient (Wildman–Crippen LogP) is 3.07. The van der Waals surface area contributed by atoms with Crippen molar-refractivity contribution in [2.45, 2.75) is 25.6 Å². The van der Waals surface area contributed by atoms with Crippen molar-refractivity contribution in [3.05, 3.63) is 64.7 Å². The van der Waals surface area contributed by atoms with Gasteiger partial charge in [-0.1, -0.05) is 48.0 Å². The number of aliphatic hydroxyl groups is 1. The molecule has 2 aromatic carbocycles. The van der Waals surface area contributed by atoms with Crippen LogP contribution in [0.4, 0.5) is 5.69 Å². The largest absolute Gasteiger partial charge is 0.392 e. The van der Waals surface area contributed by atoms with E-state index in [1.165, 1.54) is 0 Å². The summed E-state index contributed by atoms with van der Waals surface area (Å²) < 4.78 is 0. The van der Waals surface area contributed by atoms with Crippen LogP contribution in [0.3, 0.4) is 0 Å². The Hall–Kier alpha value is -1.88. The zero-order valence-electron chi connectivity index (χ0n) is 13.7. The first-order chi connectivity index (χ1) is 11.6. The maximum atomic E-state index is 12.8. The second-order valence-corrected chi connectivity index (χ2v) is 6.54. The summed E-state index contributed by atoms with van der Waals surface area (Å²) in [5.74, 6) is 0.0950. The summed E-state index contributed by atoms with van der Waals surface area (Å²) in [7, 11) is 1.97. The number of amides is 1. The van der Waals surface area contributed by atoms with E-state index in [1.54, 1.807) is 4.90 Å². The average Bonchev–Trinajstić information content (AvgIpc) is 2.97. The second-order valence-electron chi connectivity index (χ2n) is 6.14. The van der Waals surface area contributed by atoms with Gasteiger partial charge < -0.3 is 10.0 Å². The van der Waals surface area contributed by atoms with Gasteiger partial charge in [0.25, 0.3) is 0 Å². The smallest absolute Gasteiger partial charge is 0.244 e. The number of anilines is 1. The molecule has 1 saturated heterocycles. The molecule has 0 spiro atoms. The molecule has 1 unspecified atom stereocenters. The van der Waals surface area contributed by atoms with Crippen LogP contribution < -0.4 is 4.90 Å². The van der Waals surface area contributed by atoms with Crippen molar-refractivity contribution in [3.63, 3.8) is 0 Å². The standard InChI is InChI=1S/C19H21ClN2O2/c1-21(12-14-6-8-15(13-23)9-7-14)18-10-11-22(19(18)24)17-5-3-2-4-16(17)20/h2-9,18,23H,10-13H2,1H3. The highest BCUT2D eigenvalue weighted by atomic mass is 35.5. The van der Waals surface area contributed by atoms with E-state index >= 15 is 0 Å². The van der Waals surface area contributed by atoms with Gasteiger partial charge in [-0.15, -0.1) is 0 Å². The fraction of sp³-hybridized carbons (Fsp3) is 0.316. The molecule has 5 heteroatoms. The maximum Gasteiger partial charge on any atom is 0.244 e. The molecule has 1 atom stereocenters. The quantitative estimate of drug-likeness (QED) is 0.906. The Morgan fingerprint density at radius 2 is 1.83 bits per heavy atom. The minimum absolute atomic E-state index is 0.0457.